The largest absolute Gasteiger partial charge is 0.324 e. The number of hydrogen-bond acceptors (Lipinski definition) is 4. The van der Waals surface area contributed by atoms with E-state index in [0.29, 0.717) is 0 Å². The molecule has 0 atom stereocenters. The number of Topliss-reactive ketones (excluding diaryl/α,β-unsaturated/α-hetero) is 1. The molecule has 0 amide bonds. The number of nitrogens with zero attached hydrogens (tertiary/aromatic N) is 3. The SMILES string of the molecule is NCC(=O)c1ccc(-n2cncn2)c(F)c1. The lowest BCUT2D eigenvalue weighted by atomic mass is 10.1. The summed E-state index contributed by atoms with van der Waals surface area (Å²) in [5.41, 5.74) is 5.68. The number of hydrogen-bond donors (Lipinski definition) is 1. The summed E-state index contributed by atoms with van der Waals surface area (Å²) in [6.07, 6.45) is 2.68. The van der Waals surface area contributed by atoms with Crippen molar-refractivity contribution in [3.05, 3.63) is 42.2 Å². The predicted octanol–water partition coefficient (Wildman–Crippen LogP) is 0.548. The van der Waals surface area contributed by atoms with Crippen molar-refractivity contribution in [2.45, 2.75) is 0 Å². The maximum Gasteiger partial charge on any atom is 0.176 e. The number of benzene rings is 1. The van der Waals surface area contributed by atoms with Gasteiger partial charge < -0.3 is 5.73 Å². The minimum absolute atomic E-state index is 0.137. The molecule has 0 fully saturated rings. The molecule has 0 radical (unpaired) electrons. The average Bonchev–Trinajstić information content (AvgIpc) is 2.81. The molecule has 0 aliphatic carbocycles. The second-order valence-corrected chi connectivity index (χ2v) is 3.13. The Balaban J connectivity index is 2.41. The monoisotopic (exact) mass is 220 g/mol. The predicted molar refractivity (Wildman–Crippen MR) is 54.7 cm³/mol. The van der Waals surface area contributed by atoms with E-state index in [0.717, 1.165) is 6.07 Å². The molecule has 82 valence electrons. The minimum atomic E-state index is -0.537. The normalized spacial score (nSPS) is 10.4. The molecule has 5 nitrogen and oxygen atoms in total. The molecule has 0 aliphatic rings. The van der Waals surface area contributed by atoms with E-state index in [1.165, 1.54) is 29.5 Å². The van der Waals surface area contributed by atoms with Crippen molar-refractivity contribution in [1.82, 2.24) is 14.8 Å². The number of aromatic nitrogens is 3. The molecule has 1 aromatic carbocycles. The van der Waals surface area contributed by atoms with Crippen LogP contribution in [0.3, 0.4) is 0 Å². The van der Waals surface area contributed by atoms with Gasteiger partial charge in [0.15, 0.2) is 5.78 Å². The van der Waals surface area contributed by atoms with E-state index in [2.05, 4.69) is 10.1 Å². The standard InChI is InChI=1S/C10H9FN4O/c11-8-3-7(10(16)4-12)1-2-9(8)15-6-13-5-14-15/h1-3,5-6H,4,12H2. The Morgan fingerprint density at radius 3 is 2.88 bits per heavy atom. The fraction of sp³-hybridized carbons (Fsp3) is 0.100. The third kappa shape index (κ3) is 1.82. The molecule has 16 heavy (non-hydrogen) atoms. The zero-order valence-electron chi connectivity index (χ0n) is 8.30. The van der Waals surface area contributed by atoms with Crippen molar-refractivity contribution in [1.29, 1.82) is 0 Å². The van der Waals surface area contributed by atoms with Crippen molar-refractivity contribution in [2.24, 2.45) is 5.73 Å². The molecule has 2 aromatic rings. The van der Waals surface area contributed by atoms with E-state index < -0.39 is 5.82 Å². The summed E-state index contributed by atoms with van der Waals surface area (Å²) in [6, 6.07) is 4.12. The van der Waals surface area contributed by atoms with Gasteiger partial charge in [0.05, 0.1) is 6.54 Å². The quantitative estimate of drug-likeness (QED) is 0.766. The van der Waals surface area contributed by atoms with Crippen LogP contribution in [0.25, 0.3) is 5.69 Å². The van der Waals surface area contributed by atoms with E-state index in [1.807, 2.05) is 0 Å². The maximum atomic E-state index is 13.6. The van der Waals surface area contributed by atoms with Crippen LogP contribution >= 0.6 is 0 Å². The van der Waals surface area contributed by atoms with E-state index in [4.69, 9.17) is 5.73 Å². The van der Waals surface area contributed by atoms with Crippen LogP contribution in [-0.2, 0) is 0 Å². The molecule has 0 bridgehead atoms. The van der Waals surface area contributed by atoms with Gasteiger partial charge in [-0.1, -0.05) is 0 Å². The van der Waals surface area contributed by atoms with Crippen LogP contribution in [0.15, 0.2) is 30.9 Å². The number of carbonyl (C=O) groups is 1. The molecule has 2 rings (SSSR count). The van der Waals surface area contributed by atoms with Gasteiger partial charge in [-0.25, -0.2) is 14.1 Å². The molecular weight excluding hydrogens is 211 g/mol. The van der Waals surface area contributed by atoms with Crippen molar-refractivity contribution >= 4 is 5.78 Å². The van der Waals surface area contributed by atoms with Crippen molar-refractivity contribution in [2.75, 3.05) is 6.54 Å². The van der Waals surface area contributed by atoms with E-state index in [1.54, 1.807) is 0 Å². The van der Waals surface area contributed by atoms with Crippen molar-refractivity contribution in [3.63, 3.8) is 0 Å². The first-order chi connectivity index (χ1) is 7.72. The number of rotatable bonds is 3. The number of ketones is 1. The van der Waals surface area contributed by atoms with Gasteiger partial charge >= 0.3 is 0 Å². The number of carbonyl (C=O) groups excluding carboxylic acids is 1. The van der Waals surface area contributed by atoms with Crippen LogP contribution in [0.4, 0.5) is 4.39 Å². The molecule has 0 saturated heterocycles. The van der Waals surface area contributed by atoms with Gasteiger partial charge in [0.25, 0.3) is 0 Å². The highest BCUT2D eigenvalue weighted by molar-refractivity contribution is 5.97. The van der Waals surface area contributed by atoms with Gasteiger partial charge in [0, 0.05) is 5.56 Å². The Kier molecular flexibility index (Phi) is 2.74. The van der Waals surface area contributed by atoms with Crippen LogP contribution in [0, 0.1) is 5.82 Å². The van der Waals surface area contributed by atoms with Crippen molar-refractivity contribution < 1.29 is 9.18 Å². The Morgan fingerprint density at radius 1 is 1.50 bits per heavy atom. The summed E-state index contributed by atoms with van der Waals surface area (Å²) < 4.78 is 14.9. The van der Waals surface area contributed by atoms with Gasteiger partial charge in [-0.2, -0.15) is 5.10 Å². The third-order valence-corrected chi connectivity index (χ3v) is 2.12. The molecule has 0 aliphatic heterocycles. The summed E-state index contributed by atoms with van der Waals surface area (Å²) in [5, 5.41) is 3.80. The van der Waals surface area contributed by atoms with Crippen LogP contribution < -0.4 is 5.73 Å². The molecular formula is C10H9FN4O. The van der Waals surface area contributed by atoms with Gasteiger partial charge in [0.2, 0.25) is 0 Å². The fourth-order valence-corrected chi connectivity index (χ4v) is 1.32. The number of nitrogens with two attached hydrogens (primary N) is 1. The second-order valence-electron chi connectivity index (χ2n) is 3.13. The topological polar surface area (TPSA) is 73.8 Å². The highest BCUT2D eigenvalue weighted by Crippen LogP contribution is 2.14. The lowest BCUT2D eigenvalue weighted by Crippen LogP contribution is -2.14. The lowest BCUT2D eigenvalue weighted by Gasteiger charge is -2.04. The Hall–Kier alpha value is -2.08. The fourth-order valence-electron chi connectivity index (χ4n) is 1.32. The molecule has 0 spiro atoms. The van der Waals surface area contributed by atoms with Crippen LogP contribution in [-0.4, -0.2) is 27.1 Å². The molecule has 0 unspecified atom stereocenters. The Bertz CT molecular complexity index is 510. The first kappa shape index (κ1) is 10.4. The molecule has 1 heterocycles. The summed E-state index contributed by atoms with van der Waals surface area (Å²) in [7, 11) is 0. The van der Waals surface area contributed by atoms with Crippen LogP contribution in [0.2, 0.25) is 0 Å². The molecule has 0 saturated carbocycles. The van der Waals surface area contributed by atoms with Gasteiger partial charge in [0.1, 0.15) is 24.2 Å². The first-order valence-corrected chi connectivity index (χ1v) is 4.60. The maximum absolute atomic E-state index is 13.6. The average molecular weight is 220 g/mol. The summed E-state index contributed by atoms with van der Waals surface area (Å²) in [4.78, 5) is 14.9. The molecule has 1 aromatic heterocycles. The number of halogens is 1. The minimum Gasteiger partial charge on any atom is -0.324 e. The van der Waals surface area contributed by atoms with Crippen LogP contribution in [0.5, 0.6) is 0 Å². The zero-order valence-corrected chi connectivity index (χ0v) is 8.30. The third-order valence-electron chi connectivity index (χ3n) is 2.12. The highest BCUT2D eigenvalue weighted by Gasteiger charge is 2.09. The zero-order chi connectivity index (χ0) is 11.5. The van der Waals surface area contributed by atoms with Crippen molar-refractivity contribution in [3.8, 4) is 5.69 Å². The van der Waals surface area contributed by atoms with Gasteiger partial charge in [-0.15, -0.1) is 0 Å². The molecule has 2 N–H and O–H groups in total. The molecule has 6 heteroatoms. The van der Waals surface area contributed by atoms with E-state index >= 15 is 0 Å². The first-order valence-electron chi connectivity index (χ1n) is 4.60. The van der Waals surface area contributed by atoms with Crippen LogP contribution in [0.1, 0.15) is 10.4 Å². The summed E-state index contributed by atoms with van der Waals surface area (Å²) in [5.74, 6) is -0.839. The van der Waals surface area contributed by atoms with Gasteiger partial charge in [-0.3, -0.25) is 4.79 Å². The summed E-state index contributed by atoms with van der Waals surface area (Å²) >= 11 is 0. The highest BCUT2D eigenvalue weighted by atomic mass is 19.1. The second kappa shape index (κ2) is 4.19. The van der Waals surface area contributed by atoms with E-state index in [9.17, 15) is 9.18 Å². The Morgan fingerprint density at radius 2 is 2.31 bits per heavy atom. The Labute approximate surface area is 90.7 Å². The van der Waals surface area contributed by atoms with E-state index in [-0.39, 0.29) is 23.6 Å². The lowest BCUT2D eigenvalue weighted by molar-refractivity contribution is 0.100. The smallest absolute Gasteiger partial charge is 0.176 e. The van der Waals surface area contributed by atoms with Gasteiger partial charge in [-0.05, 0) is 18.2 Å². The summed E-state index contributed by atoms with van der Waals surface area (Å²) in [6.45, 7) is -0.137.